The maximum Gasteiger partial charge on any atom is 0.251 e. The third kappa shape index (κ3) is 4.39. The van der Waals surface area contributed by atoms with Gasteiger partial charge >= 0.3 is 0 Å². The lowest BCUT2D eigenvalue weighted by Gasteiger charge is -2.41. The van der Waals surface area contributed by atoms with Crippen molar-refractivity contribution in [1.29, 1.82) is 0 Å². The molecule has 1 N–H and O–H groups in total. The average molecular weight is 540 g/mol. The molecule has 7 nitrogen and oxygen atoms in total. The van der Waals surface area contributed by atoms with Gasteiger partial charge < -0.3 is 19.8 Å². The van der Waals surface area contributed by atoms with Gasteiger partial charge in [-0.25, -0.2) is 0 Å². The SMILES string of the molecule is C=CCN(C)C(=O)[C@@H]1[C@@H]2CC(C)C3(S2)C(C(=O)N(CC=C)c2c(C)cccc2C)N(CCCCO)C(=O)[C@H]13. The van der Waals surface area contributed by atoms with Crippen molar-refractivity contribution in [2.24, 2.45) is 17.8 Å². The summed E-state index contributed by atoms with van der Waals surface area (Å²) in [5.41, 5.74) is 2.82. The molecule has 4 rings (SSSR count). The highest BCUT2D eigenvalue weighted by atomic mass is 32.2. The molecule has 0 aliphatic carbocycles. The predicted octanol–water partition coefficient (Wildman–Crippen LogP) is 3.58. The Labute approximate surface area is 230 Å². The van der Waals surface area contributed by atoms with Crippen molar-refractivity contribution < 1.29 is 19.5 Å². The van der Waals surface area contributed by atoms with Gasteiger partial charge in [-0.15, -0.1) is 24.9 Å². The number of amides is 3. The molecule has 2 bridgehead atoms. The minimum Gasteiger partial charge on any atom is -0.396 e. The molecular weight excluding hydrogens is 498 g/mol. The van der Waals surface area contributed by atoms with Crippen molar-refractivity contribution in [2.45, 2.75) is 56.1 Å². The predicted molar refractivity (Wildman–Crippen MR) is 153 cm³/mol. The number of aliphatic hydroxyl groups excluding tert-OH is 1. The molecule has 3 aliphatic heterocycles. The van der Waals surface area contributed by atoms with Crippen molar-refractivity contribution in [3.8, 4) is 0 Å². The van der Waals surface area contributed by atoms with Gasteiger partial charge in [-0.3, -0.25) is 14.4 Å². The summed E-state index contributed by atoms with van der Waals surface area (Å²) >= 11 is 1.69. The zero-order chi connectivity index (χ0) is 27.8. The Balaban J connectivity index is 1.82. The van der Waals surface area contributed by atoms with Crippen molar-refractivity contribution in [1.82, 2.24) is 9.80 Å². The van der Waals surface area contributed by atoms with E-state index in [2.05, 4.69) is 20.1 Å². The van der Waals surface area contributed by atoms with Crippen LogP contribution in [-0.4, -0.2) is 82.0 Å². The first-order valence-electron chi connectivity index (χ1n) is 13.6. The first kappa shape index (κ1) is 28.4. The smallest absolute Gasteiger partial charge is 0.251 e. The summed E-state index contributed by atoms with van der Waals surface area (Å²) in [6.07, 6.45) is 5.36. The molecule has 3 fully saturated rings. The zero-order valence-corrected chi connectivity index (χ0v) is 23.9. The first-order valence-corrected chi connectivity index (χ1v) is 14.5. The number of nitrogens with zero attached hydrogens (tertiary/aromatic N) is 3. The van der Waals surface area contributed by atoms with Crippen LogP contribution in [0.2, 0.25) is 0 Å². The highest BCUT2D eigenvalue weighted by Gasteiger charge is 2.76. The molecule has 3 heterocycles. The number of thioether (sulfide) groups is 1. The van der Waals surface area contributed by atoms with E-state index >= 15 is 0 Å². The molecule has 8 heteroatoms. The van der Waals surface area contributed by atoms with E-state index in [-0.39, 0.29) is 35.5 Å². The summed E-state index contributed by atoms with van der Waals surface area (Å²) in [7, 11) is 1.75. The molecule has 3 saturated heterocycles. The van der Waals surface area contributed by atoms with E-state index in [4.69, 9.17) is 0 Å². The number of aliphatic hydroxyl groups is 1. The molecule has 38 heavy (non-hydrogen) atoms. The maximum atomic E-state index is 14.7. The largest absolute Gasteiger partial charge is 0.396 e. The highest BCUT2D eigenvalue weighted by Crippen LogP contribution is 2.69. The summed E-state index contributed by atoms with van der Waals surface area (Å²) in [6, 6.07) is 5.28. The van der Waals surface area contributed by atoms with Crippen LogP contribution in [0.3, 0.4) is 0 Å². The fourth-order valence-electron chi connectivity index (χ4n) is 7.05. The van der Waals surface area contributed by atoms with Gasteiger partial charge in [0.15, 0.2) is 0 Å². The van der Waals surface area contributed by atoms with Crippen molar-refractivity contribution >= 4 is 35.2 Å². The summed E-state index contributed by atoms with van der Waals surface area (Å²) in [5, 5.41) is 9.43. The van der Waals surface area contributed by atoms with Gasteiger partial charge in [-0.05, 0) is 50.2 Å². The van der Waals surface area contributed by atoms with Crippen molar-refractivity contribution in [3.05, 3.63) is 54.6 Å². The van der Waals surface area contributed by atoms with Crippen LogP contribution in [0, 0.1) is 31.6 Å². The van der Waals surface area contributed by atoms with Crippen LogP contribution in [-0.2, 0) is 14.4 Å². The van der Waals surface area contributed by atoms with Crippen molar-refractivity contribution in [2.75, 3.05) is 38.2 Å². The molecule has 1 aromatic rings. The van der Waals surface area contributed by atoms with Gasteiger partial charge in [0.2, 0.25) is 11.8 Å². The molecule has 0 radical (unpaired) electrons. The number of likely N-dealkylation sites (N-methyl/N-ethyl adjacent to an activating group) is 1. The standard InChI is InChI=1S/C30H41N3O4S/c1-7-14-31(6)27(35)23-22-18-21(5)30(38-22)24(23)28(36)33(16-9-10-17-34)26(30)29(37)32(15-8-2)25-19(3)12-11-13-20(25)4/h7-8,11-13,21-24,26,34H,1-2,9-10,14-18H2,3-6H3/t21?,22-,23+,24-,26?,30?/m0/s1. The molecule has 1 aromatic carbocycles. The average Bonchev–Trinajstić information content (AvgIpc) is 3.46. The minimum absolute atomic E-state index is 0.00154. The number of likely N-dealkylation sites (tertiary alicyclic amines) is 1. The lowest BCUT2D eigenvalue weighted by atomic mass is 9.65. The van der Waals surface area contributed by atoms with E-state index in [1.54, 1.807) is 45.7 Å². The summed E-state index contributed by atoms with van der Waals surface area (Å²) < 4.78 is -0.677. The molecule has 206 valence electrons. The molecule has 1 spiro atoms. The van der Waals surface area contributed by atoms with E-state index in [1.165, 1.54) is 0 Å². The number of unbranched alkanes of at least 4 members (excludes halogenated alkanes) is 1. The lowest BCUT2D eigenvalue weighted by molar-refractivity contribution is -0.143. The molecule has 6 atom stereocenters. The van der Waals surface area contributed by atoms with Crippen LogP contribution in [0.1, 0.15) is 37.3 Å². The van der Waals surface area contributed by atoms with Gasteiger partial charge in [-0.1, -0.05) is 37.3 Å². The summed E-state index contributed by atoms with van der Waals surface area (Å²) in [6.45, 7) is 15.0. The Morgan fingerprint density at radius 1 is 1.16 bits per heavy atom. The molecule has 0 saturated carbocycles. The number of anilines is 1. The van der Waals surface area contributed by atoms with E-state index < -0.39 is 22.6 Å². The Kier molecular flexibility index (Phi) is 8.43. The van der Waals surface area contributed by atoms with Gasteiger partial charge in [0, 0.05) is 44.2 Å². The van der Waals surface area contributed by atoms with E-state index in [9.17, 15) is 19.5 Å². The van der Waals surface area contributed by atoms with Crippen LogP contribution in [0.25, 0.3) is 0 Å². The quantitative estimate of drug-likeness (QED) is 0.344. The number of benzene rings is 1. The monoisotopic (exact) mass is 539 g/mol. The van der Waals surface area contributed by atoms with Crippen LogP contribution >= 0.6 is 11.8 Å². The molecular formula is C30H41N3O4S. The van der Waals surface area contributed by atoms with Gasteiger partial charge in [0.05, 0.1) is 16.6 Å². The van der Waals surface area contributed by atoms with Crippen LogP contribution in [0.5, 0.6) is 0 Å². The molecule has 3 unspecified atom stereocenters. The number of carbonyl (C=O) groups excluding carboxylic acids is 3. The number of rotatable bonds is 11. The number of aryl methyl sites for hydroxylation is 2. The maximum absolute atomic E-state index is 14.7. The van der Waals surface area contributed by atoms with Gasteiger partial charge in [0.25, 0.3) is 5.91 Å². The Bertz CT molecular complexity index is 1100. The molecule has 3 amide bonds. The third-order valence-corrected chi connectivity index (χ3v) is 10.7. The second-order valence-electron chi connectivity index (χ2n) is 11.0. The minimum atomic E-state index is -0.690. The Hall–Kier alpha value is -2.58. The number of fused-ring (bicyclic) bond motifs is 1. The Morgan fingerprint density at radius 2 is 1.82 bits per heavy atom. The topological polar surface area (TPSA) is 81.2 Å². The van der Waals surface area contributed by atoms with E-state index in [0.29, 0.717) is 32.5 Å². The third-order valence-electron chi connectivity index (χ3n) is 8.64. The second-order valence-corrected chi connectivity index (χ2v) is 12.5. The first-order chi connectivity index (χ1) is 18.1. The van der Waals surface area contributed by atoms with Crippen LogP contribution < -0.4 is 4.90 Å². The lowest BCUT2D eigenvalue weighted by Crippen LogP contribution is -2.57. The Morgan fingerprint density at radius 3 is 2.42 bits per heavy atom. The highest BCUT2D eigenvalue weighted by molar-refractivity contribution is 8.02. The number of para-hydroxylation sites is 1. The molecule has 3 aliphatic rings. The van der Waals surface area contributed by atoms with E-state index in [0.717, 1.165) is 23.2 Å². The zero-order valence-electron chi connectivity index (χ0n) is 23.1. The van der Waals surface area contributed by atoms with Crippen molar-refractivity contribution in [3.63, 3.8) is 0 Å². The van der Waals surface area contributed by atoms with Crippen LogP contribution in [0.15, 0.2) is 43.5 Å². The summed E-state index contributed by atoms with van der Waals surface area (Å²) in [4.78, 5) is 47.8. The second kappa shape index (κ2) is 11.3. The normalized spacial score (nSPS) is 29.3. The van der Waals surface area contributed by atoms with E-state index in [1.807, 2.05) is 32.0 Å². The number of carbonyl (C=O) groups is 3. The van der Waals surface area contributed by atoms with Crippen LogP contribution in [0.4, 0.5) is 5.69 Å². The number of hydrogen-bond acceptors (Lipinski definition) is 5. The van der Waals surface area contributed by atoms with Gasteiger partial charge in [0.1, 0.15) is 6.04 Å². The fraction of sp³-hybridized carbons (Fsp3) is 0.567. The number of hydrogen-bond donors (Lipinski definition) is 1. The summed E-state index contributed by atoms with van der Waals surface area (Å²) in [5.74, 6) is -1.17. The van der Waals surface area contributed by atoms with Gasteiger partial charge in [-0.2, -0.15) is 0 Å². The molecule has 0 aromatic heterocycles. The fourth-order valence-corrected chi connectivity index (χ4v) is 9.46.